The molecule has 28 heavy (non-hydrogen) atoms. The summed E-state index contributed by atoms with van der Waals surface area (Å²) in [5.41, 5.74) is 0. The van der Waals surface area contributed by atoms with Gasteiger partial charge in [-0.2, -0.15) is 0 Å². The summed E-state index contributed by atoms with van der Waals surface area (Å²) in [6.07, 6.45) is 5.99. The molecule has 0 bridgehead atoms. The molecule has 1 N–H and O–H groups in total. The van der Waals surface area contributed by atoms with Crippen LogP contribution < -0.4 is 5.32 Å². The Morgan fingerprint density at radius 1 is 1.29 bits per heavy atom. The minimum atomic E-state index is -0.227. The highest BCUT2D eigenvalue weighted by molar-refractivity contribution is 5.94. The molecule has 0 saturated heterocycles. The molecule has 2 rings (SSSR count). The number of aromatic nitrogens is 1. The number of amides is 2. The Kier molecular flexibility index (Phi) is 8.96. The number of rotatable bonds is 11. The average molecular weight is 393 g/mol. The second-order valence-corrected chi connectivity index (χ2v) is 7.84. The van der Waals surface area contributed by atoms with Crippen molar-refractivity contribution in [2.45, 2.75) is 72.3 Å². The van der Waals surface area contributed by atoms with Crippen LogP contribution in [0.15, 0.2) is 10.6 Å². The summed E-state index contributed by atoms with van der Waals surface area (Å²) >= 11 is 0. The highest BCUT2D eigenvalue weighted by atomic mass is 16.5. The number of carbonyl (C=O) groups is 2. The molecule has 7 nitrogen and oxygen atoms in total. The summed E-state index contributed by atoms with van der Waals surface area (Å²) in [4.78, 5) is 29.8. The van der Waals surface area contributed by atoms with Crippen molar-refractivity contribution in [2.75, 3.05) is 31.5 Å². The quantitative estimate of drug-likeness (QED) is 0.624. The van der Waals surface area contributed by atoms with Gasteiger partial charge in [0.05, 0.1) is 0 Å². The highest BCUT2D eigenvalue weighted by Crippen LogP contribution is 2.27. The van der Waals surface area contributed by atoms with Gasteiger partial charge in [-0.1, -0.05) is 31.8 Å². The highest BCUT2D eigenvalue weighted by Gasteiger charge is 2.31. The Morgan fingerprint density at radius 3 is 2.54 bits per heavy atom. The Labute approximate surface area is 168 Å². The third-order valence-corrected chi connectivity index (χ3v) is 5.72. The lowest BCUT2D eigenvalue weighted by atomic mass is 10.0. The standard InChI is InChI=1S/C21H36N4O3/c1-5-24(6-2)13-9-10-16(3)25(21(27)18-11-7-8-12-18)15-20(26)22-19-14-17(4)28-23-19/h14,16,18H,5-13,15H2,1-4H3,(H,22,23,26). The zero-order valence-electron chi connectivity index (χ0n) is 17.9. The normalized spacial score (nSPS) is 15.8. The third kappa shape index (κ3) is 6.62. The molecular formula is C21H36N4O3. The van der Waals surface area contributed by atoms with E-state index in [1.54, 1.807) is 17.9 Å². The second-order valence-electron chi connectivity index (χ2n) is 7.84. The van der Waals surface area contributed by atoms with Crippen LogP contribution in [0.2, 0.25) is 0 Å². The maximum absolute atomic E-state index is 13.1. The van der Waals surface area contributed by atoms with E-state index in [9.17, 15) is 9.59 Å². The number of aryl methyl sites for hydroxylation is 1. The van der Waals surface area contributed by atoms with Crippen LogP contribution in [-0.2, 0) is 9.59 Å². The minimum Gasteiger partial charge on any atom is -0.360 e. The topological polar surface area (TPSA) is 78.7 Å². The first-order valence-corrected chi connectivity index (χ1v) is 10.7. The molecule has 1 aliphatic carbocycles. The van der Waals surface area contributed by atoms with E-state index in [0.717, 1.165) is 58.2 Å². The largest absolute Gasteiger partial charge is 0.360 e. The fourth-order valence-electron chi connectivity index (χ4n) is 3.93. The van der Waals surface area contributed by atoms with Crippen molar-refractivity contribution in [1.82, 2.24) is 15.0 Å². The lowest BCUT2D eigenvalue weighted by Crippen LogP contribution is -2.46. The van der Waals surface area contributed by atoms with Crippen LogP contribution in [0.25, 0.3) is 0 Å². The molecule has 0 spiro atoms. The Morgan fingerprint density at radius 2 is 1.96 bits per heavy atom. The summed E-state index contributed by atoms with van der Waals surface area (Å²) in [7, 11) is 0. The van der Waals surface area contributed by atoms with Crippen LogP contribution in [0.3, 0.4) is 0 Å². The monoisotopic (exact) mass is 392 g/mol. The van der Waals surface area contributed by atoms with Crippen LogP contribution in [-0.4, -0.2) is 59.0 Å². The number of hydrogen-bond donors (Lipinski definition) is 1. The number of hydrogen-bond acceptors (Lipinski definition) is 5. The van der Waals surface area contributed by atoms with Crippen LogP contribution in [0.1, 0.15) is 65.1 Å². The van der Waals surface area contributed by atoms with Gasteiger partial charge in [0.25, 0.3) is 0 Å². The summed E-state index contributed by atoms with van der Waals surface area (Å²) < 4.78 is 4.99. The zero-order valence-corrected chi connectivity index (χ0v) is 17.9. The van der Waals surface area contributed by atoms with Crippen molar-refractivity contribution in [2.24, 2.45) is 5.92 Å². The van der Waals surface area contributed by atoms with Gasteiger partial charge in [-0.25, -0.2) is 0 Å². The molecule has 1 heterocycles. The summed E-state index contributed by atoms with van der Waals surface area (Å²) in [5.74, 6) is 0.991. The maximum atomic E-state index is 13.1. The Bertz CT molecular complexity index is 621. The lowest BCUT2D eigenvalue weighted by Gasteiger charge is -2.31. The zero-order chi connectivity index (χ0) is 20.5. The molecule has 1 unspecified atom stereocenters. The smallest absolute Gasteiger partial charge is 0.245 e. The molecule has 1 aromatic rings. The molecule has 7 heteroatoms. The van der Waals surface area contributed by atoms with Gasteiger partial charge in [-0.3, -0.25) is 9.59 Å². The van der Waals surface area contributed by atoms with Gasteiger partial charge in [0.2, 0.25) is 11.8 Å². The molecule has 1 aliphatic rings. The van der Waals surface area contributed by atoms with Crippen molar-refractivity contribution in [3.8, 4) is 0 Å². The molecule has 0 radical (unpaired) electrons. The second kappa shape index (κ2) is 11.2. The van der Waals surface area contributed by atoms with Gasteiger partial charge < -0.3 is 19.6 Å². The molecule has 1 fully saturated rings. The number of nitrogens with zero attached hydrogens (tertiary/aromatic N) is 3. The van der Waals surface area contributed by atoms with E-state index in [1.807, 2.05) is 0 Å². The van der Waals surface area contributed by atoms with E-state index in [1.165, 1.54) is 0 Å². The average Bonchev–Trinajstić information content (AvgIpc) is 3.34. The van der Waals surface area contributed by atoms with Gasteiger partial charge in [-0.15, -0.1) is 0 Å². The molecule has 0 aromatic carbocycles. The first-order valence-electron chi connectivity index (χ1n) is 10.7. The fraction of sp³-hybridized carbons (Fsp3) is 0.762. The van der Waals surface area contributed by atoms with E-state index >= 15 is 0 Å². The van der Waals surface area contributed by atoms with E-state index < -0.39 is 0 Å². The third-order valence-electron chi connectivity index (χ3n) is 5.72. The molecule has 2 amide bonds. The molecule has 1 atom stereocenters. The molecule has 1 saturated carbocycles. The molecular weight excluding hydrogens is 356 g/mol. The fourth-order valence-corrected chi connectivity index (χ4v) is 3.93. The molecule has 158 valence electrons. The van der Waals surface area contributed by atoms with Gasteiger partial charge in [0.15, 0.2) is 5.82 Å². The predicted octanol–water partition coefficient (Wildman–Crippen LogP) is 3.45. The number of carbonyl (C=O) groups excluding carboxylic acids is 2. The predicted molar refractivity (Wildman–Crippen MR) is 110 cm³/mol. The lowest BCUT2D eigenvalue weighted by molar-refractivity contribution is -0.140. The Balaban J connectivity index is 1.96. The SMILES string of the molecule is CCN(CC)CCCC(C)N(CC(=O)Nc1cc(C)on1)C(=O)C1CCCC1. The maximum Gasteiger partial charge on any atom is 0.245 e. The van der Waals surface area contributed by atoms with Crippen LogP contribution in [0, 0.1) is 12.8 Å². The van der Waals surface area contributed by atoms with E-state index in [-0.39, 0.29) is 30.3 Å². The van der Waals surface area contributed by atoms with Gasteiger partial charge in [0, 0.05) is 18.0 Å². The van der Waals surface area contributed by atoms with Crippen molar-refractivity contribution >= 4 is 17.6 Å². The van der Waals surface area contributed by atoms with Crippen molar-refractivity contribution in [1.29, 1.82) is 0 Å². The van der Waals surface area contributed by atoms with Crippen molar-refractivity contribution in [3.05, 3.63) is 11.8 Å². The van der Waals surface area contributed by atoms with E-state index in [0.29, 0.717) is 11.6 Å². The van der Waals surface area contributed by atoms with Crippen LogP contribution in [0.5, 0.6) is 0 Å². The van der Waals surface area contributed by atoms with E-state index in [4.69, 9.17) is 4.52 Å². The summed E-state index contributed by atoms with van der Waals surface area (Å²) in [6, 6.07) is 1.71. The van der Waals surface area contributed by atoms with Gasteiger partial charge in [0.1, 0.15) is 12.3 Å². The van der Waals surface area contributed by atoms with Gasteiger partial charge in [-0.05, 0) is 59.2 Å². The summed E-state index contributed by atoms with van der Waals surface area (Å²) in [5, 5.41) is 6.54. The first-order chi connectivity index (χ1) is 13.4. The van der Waals surface area contributed by atoms with Crippen molar-refractivity contribution < 1.29 is 14.1 Å². The summed E-state index contributed by atoms with van der Waals surface area (Å²) in [6.45, 7) is 11.3. The molecule has 1 aromatic heterocycles. The number of nitrogens with one attached hydrogen (secondary N) is 1. The van der Waals surface area contributed by atoms with Crippen LogP contribution >= 0.6 is 0 Å². The van der Waals surface area contributed by atoms with Crippen molar-refractivity contribution in [3.63, 3.8) is 0 Å². The first kappa shape index (κ1) is 22.4. The Hall–Kier alpha value is -1.89. The molecule has 0 aliphatic heterocycles. The van der Waals surface area contributed by atoms with Crippen LogP contribution in [0.4, 0.5) is 5.82 Å². The minimum absolute atomic E-state index is 0.0356. The van der Waals surface area contributed by atoms with Gasteiger partial charge >= 0.3 is 0 Å². The number of anilines is 1. The van der Waals surface area contributed by atoms with E-state index in [2.05, 4.69) is 36.1 Å².